The Morgan fingerprint density at radius 3 is 2.65 bits per heavy atom. The number of benzene rings is 1. The van der Waals surface area contributed by atoms with Gasteiger partial charge in [-0.1, -0.05) is 0 Å². The molecule has 0 saturated carbocycles. The second kappa shape index (κ2) is 4.32. The molecule has 0 spiro atoms. The van der Waals surface area contributed by atoms with Gasteiger partial charge in [-0.3, -0.25) is 0 Å². The van der Waals surface area contributed by atoms with Crippen LogP contribution in [0.1, 0.15) is 0 Å². The van der Waals surface area contributed by atoms with Crippen LogP contribution in [-0.2, 0) is 0 Å². The molecule has 17 heavy (non-hydrogen) atoms. The van der Waals surface area contributed by atoms with Gasteiger partial charge in [0.05, 0.1) is 7.11 Å². The molecule has 1 aromatic carbocycles. The van der Waals surface area contributed by atoms with Gasteiger partial charge >= 0.3 is 0 Å². The van der Waals surface area contributed by atoms with Crippen molar-refractivity contribution < 1.29 is 13.5 Å². The maximum Gasteiger partial charge on any atom is 0.187 e. The van der Waals surface area contributed by atoms with E-state index >= 15 is 0 Å². The first kappa shape index (κ1) is 11.3. The Morgan fingerprint density at radius 1 is 1.24 bits per heavy atom. The first-order chi connectivity index (χ1) is 8.13. The summed E-state index contributed by atoms with van der Waals surface area (Å²) in [7, 11) is 1.37. The van der Waals surface area contributed by atoms with Gasteiger partial charge in [0.15, 0.2) is 11.6 Å². The molecule has 1 aromatic heterocycles. The van der Waals surface area contributed by atoms with Gasteiger partial charge in [0.1, 0.15) is 23.7 Å². The highest BCUT2D eigenvalue weighted by Crippen LogP contribution is 2.32. The third kappa shape index (κ3) is 2.01. The van der Waals surface area contributed by atoms with E-state index in [1.54, 1.807) is 0 Å². The van der Waals surface area contributed by atoms with Crippen LogP contribution in [0.15, 0.2) is 24.5 Å². The number of methoxy groups -OCH3 is 1. The second-order valence-corrected chi connectivity index (χ2v) is 3.26. The van der Waals surface area contributed by atoms with Gasteiger partial charge in [-0.15, -0.1) is 0 Å². The molecular formula is C11H9F2N3O. The van der Waals surface area contributed by atoms with Crippen LogP contribution in [0.3, 0.4) is 0 Å². The first-order valence-electron chi connectivity index (χ1n) is 4.73. The molecule has 2 aromatic rings. The predicted octanol–water partition coefficient (Wildman–Crippen LogP) is 2.01. The summed E-state index contributed by atoms with van der Waals surface area (Å²) >= 11 is 0. The largest absolute Gasteiger partial charge is 0.491 e. The number of hydrogen-bond acceptors (Lipinski definition) is 4. The highest BCUT2D eigenvalue weighted by molar-refractivity contribution is 5.71. The van der Waals surface area contributed by atoms with Gasteiger partial charge in [0, 0.05) is 11.6 Å². The Hall–Kier alpha value is -2.24. The van der Waals surface area contributed by atoms with Gasteiger partial charge in [0.2, 0.25) is 0 Å². The molecule has 0 bridgehead atoms. The van der Waals surface area contributed by atoms with Crippen LogP contribution in [0.4, 0.5) is 14.6 Å². The van der Waals surface area contributed by atoms with Crippen LogP contribution in [0.5, 0.6) is 5.75 Å². The lowest BCUT2D eigenvalue weighted by Crippen LogP contribution is -2.00. The van der Waals surface area contributed by atoms with Gasteiger partial charge in [-0.25, -0.2) is 18.7 Å². The topological polar surface area (TPSA) is 61.0 Å². The van der Waals surface area contributed by atoms with Crippen LogP contribution in [0.2, 0.25) is 0 Å². The van der Waals surface area contributed by atoms with Crippen molar-refractivity contribution in [2.45, 2.75) is 0 Å². The van der Waals surface area contributed by atoms with Crippen molar-refractivity contribution in [1.29, 1.82) is 0 Å². The second-order valence-electron chi connectivity index (χ2n) is 3.26. The molecule has 0 amide bonds. The minimum absolute atomic E-state index is 0.0984. The fourth-order valence-corrected chi connectivity index (χ4v) is 1.46. The molecule has 1 heterocycles. The van der Waals surface area contributed by atoms with Crippen LogP contribution >= 0.6 is 0 Å². The minimum atomic E-state index is -0.735. The highest BCUT2D eigenvalue weighted by Gasteiger charge is 2.15. The monoisotopic (exact) mass is 237 g/mol. The van der Waals surface area contributed by atoms with Gasteiger partial charge in [-0.2, -0.15) is 0 Å². The molecule has 0 aliphatic rings. The lowest BCUT2D eigenvalue weighted by atomic mass is 10.1. The summed E-state index contributed by atoms with van der Waals surface area (Å²) in [5.74, 6) is -1.13. The molecule has 0 atom stereocenters. The van der Waals surface area contributed by atoms with E-state index in [2.05, 4.69) is 9.97 Å². The predicted molar refractivity (Wildman–Crippen MR) is 58.3 cm³/mol. The van der Waals surface area contributed by atoms with E-state index in [9.17, 15) is 8.78 Å². The van der Waals surface area contributed by atoms with E-state index in [0.717, 1.165) is 12.1 Å². The first-order valence-corrected chi connectivity index (χ1v) is 4.73. The fourth-order valence-electron chi connectivity index (χ4n) is 1.46. The zero-order valence-electron chi connectivity index (χ0n) is 8.95. The number of ether oxygens (including phenoxy) is 1. The Balaban J connectivity index is 2.64. The van der Waals surface area contributed by atoms with E-state index in [1.165, 1.54) is 19.5 Å². The number of halogens is 2. The smallest absolute Gasteiger partial charge is 0.187 e. The summed E-state index contributed by atoms with van der Waals surface area (Å²) in [6.07, 6.45) is 1.19. The number of rotatable bonds is 2. The zero-order valence-corrected chi connectivity index (χ0v) is 8.95. The maximum absolute atomic E-state index is 13.6. The number of aromatic nitrogens is 2. The number of anilines is 1. The van der Waals surface area contributed by atoms with E-state index in [4.69, 9.17) is 10.5 Å². The SMILES string of the molecule is COc1c(N)ncnc1-c1ccc(F)cc1F. The molecule has 0 radical (unpaired) electrons. The summed E-state index contributed by atoms with van der Waals surface area (Å²) in [6, 6.07) is 3.18. The van der Waals surface area contributed by atoms with Crippen molar-refractivity contribution in [2.24, 2.45) is 0 Å². The molecule has 0 saturated heterocycles. The molecule has 2 N–H and O–H groups in total. The van der Waals surface area contributed by atoms with Crippen LogP contribution in [0, 0.1) is 11.6 Å². The molecule has 6 heteroatoms. The molecule has 4 nitrogen and oxygen atoms in total. The molecule has 0 unspecified atom stereocenters. The summed E-state index contributed by atoms with van der Waals surface area (Å²) < 4.78 is 31.4. The molecule has 0 aliphatic carbocycles. The average molecular weight is 237 g/mol. The Morgan fingerprint density at radius 2 is 2.00 bits per heavy atom. The van der Waals surface area contributed by atoms with Crippen molar-refractivity contribution in [2.75, 3.05) is 12.8 Å². The lowest BCUT2D eigenvalue weighted by molar-refractivity contribution is 0.415. The number of nitrogen functional groups attached to an aromatic ring is 1. The molecular weight excluding hydrogens is 228 g/mol. The van der Waals surface area contributed by atoms with E-state index in [1.807, 2.05) is 0 Å². The van der Waals surface area contributed by atoms with Crippen molar-refractivity contribution in [1.82, 2.24) is 9.97 Å². The number of nitrogens with zero attached hydrogens (tertiary/aromatic N) is 2. The minimum Gasteiger partial charge on any atom is -0.491 e. The molecule has 0 aliphatic heterocycles. The van der Waals surface area contributed by atoms with Crippen molar-refractivity contribution in [3.63, 3.8) is 0 Å². The molecule has 2 rings (SSSR count). The quantitative estimate of drug-likeness (QED) is 0.867. The zero-order chi connectivity index (χ0) is 12.4. The summed E-state index contributed by atoms with van der Waals surface area (Å²) in [6.45, 7) is 0. The standard InChI is InChI=1S/C11H9F2N3O/c1-17-10-9(15-5-16-11(10)14)7-3-2-6(12)4-8(7)13/h2-5H,1H3,(H2,14,15,16). The van der Waals surface area contributed by atoms with Crippen LogP contribution in [-0.4, -0.2) is 17.1 Å². The van der Waals surface area contributed by atoms with Gasteiger partial charge in [0.25, 0.3) is 0 Å². The Bertz CT molecular complexity index is 560. The Labute approximate surface area is 96.1 Å². The maximum atomic E-state index is 13.6. The van der Waals surface area contributed by atoms with Crippen LogP contribution in [0.25, 0.3) is 11.3 Å². The molecule has 88 valence electrons. The molecule has 0 fully saturated rings. The third-order valence-electron chi connectivity index (χ3n) is 2.22. The van der Waals surface area contributed by atoms with Gasteiger partial charge < -0.3 is 10.5 Å². The number of nitrogens with two attached hydrogens (primary N) is 1. The van der Waals surface area contributed by atoms with Crippen LogP contribution < -0.4 is 10.5 Å². The lowest BCUT2D eigenvalue weighted by Gasteiger charge is -2.09. The van der Waals surface area contributed by atoms with Crippen molar-refractivity contribution in [3.8, 4) is 17.0 Å². The third-order valence-corrected chi connectivity index (χ3v) is 2.22. The Kier molecular flexibility index (Phi) is 2.86. The van der Waals surface area contributed by atoms with E-state index < -0.39 is 11.6 Å². The van der Waals surface area contributed by atoms with Gasteiger partial charge in [-0.05, 0) is 12.1 Å². The normalized spacial score (nSPS) is 10.3. The summed E-state index contributed by atoms with van der Waals surface area (Å²) in [4.78, 5) is 7.62. The highest BCUT2D eigenvalue weighted by atomic mass is 19.1. The summed E-state index contributed by atoms with van der Waals surface area (Å²) in [5, 5.41) is 0. The van der Waals surface area contributed by atoms with Crippen molar-refractivity contribution >= 4 is 5.82 Å². The van der Waals surface area contributed by atoms with Crippen molar-refractivity contribution in [3.05, 3.63) is 36.2 Å². The fraction of sp³-hybridized carbons (Fsp3) is 0.0909. The average Bonchev–Trinajstić information content (AvgIpc) is 2.29. The van der Waals surface area contributed by atoms with E-state index in [-0.39, 0.29) is 22.8 Å². The van der Waals surface area contributed by atoms with E-state index in [0.29, 0.717) is 0 Å². The summed E-state index contributed by atoms with van der Waals surface area (Å²) in [5.41, 5.74) is 5.88. The number of hydrogen-bond donors (Lipinski definition) is 1.